The highest BCUT2D eigenvalue weighted by molar-refractivity contribution is 6.14. The molecular weight excluding hydrogens is 242 g/mol. The normalized spacial score (nSPS) is 11.4. The molecule has 0 amide bonds. The van der Waals surface area contributed by atoms with Crippen molar-refractivity contribution in [3.05, 3.63) is 59.2 Å². The maximum absolute atomic E-state index is 9.94. The van der Waals surface area contributed by atoms with E-state index in [0.717, 1.165) is 5.56 Å². The summed E-state index contributed by atoms with van der Waals surface area (Å²) in [6.45, 7) is 1.88. The van der Waals surface area contributed by atoms with Crippen molar-refractivity contribution < 1.29 is 15.1 Å². The molecular formula is C15H15NO3. The number of oxime groups is 1. The van der Waals surface area contributed by atoms with Crippen molar-refractivity contribution in [1.82, 2.24) is 0 Å². The van der Waals surface area contributed by atoms with Gasteiger partial charge in [0.05, 0.1) is 7.11 Å². The van der Waals surface area contributed by atoms with Crippen molar-refractivity contribution in [3.8, 4) is 11.5 Å². The fraction of sp³-hybridized carbons (Fsp3) is 0.133. The lowest BCUT2D eigenvalue weighted by atomic mass is 10.0. The zero-order valence-electron chi connectivity index (χ0n) is 10.8. The first kappa shape index (κ1) is 13.0. The molecule has 19 heavy (non-hydrogen) atoms. The van der Waals surface area contributed by atoms with Crippen LogP contribution in [0.25, 0.3) is 0 Å². The molecule has 2 aromatic rings. The first-order valence-corrected chi connectivity index (χ1v) is 5.82. The summed E-state index contributed by atoms with van der Waals surface area (Å²) in [6, 6.07) is 12.3. The van der Waals surface area contributed by atoms with Crippen LogP contribution in [0.3, 0.4) is 0 Å². The Kier molecular flexibility index (Phi) is 3.71. The summed E-state index contributed by atoms with van der Waals surface area (Å²) in [4.78, 5) is 0. The molecule has 0 spiro atoms. The summed E-state index contributed by atoms with van der Waals surface area (Å²) in [5, 5.41) is 22.4. The smallest absolute Gasteiger partial charge is 0.125 e. The van der Waals surface area contributed by atoms with Crippen LogP contribution in [0.2, 0.25) is 0 Å². The Balaban J connectivity index is 2.44. The van der Waals surface area contributed by atoms with Crippen LogP contribution in [-0.2, 0) is 0 Å². The van der Waals surface area contributed by atoms with E-state index in [2.05, 4.69) is 5.16 Å². The molecule has 0 aromatic heterocycles. The van der Waals surface area contributed by atoms with Crippen molar-refractivity contribution in [2.75, 3.05) is 7.11 Å². The Labute approximate surface area is 111 Å². The van der Waals surface area contributed by atoms with Crippen molar-refractivity contribution in [1.29, 1.82) is 0 Å². The predicted octanol–water partition coefficient (Wildman–Crippen LogP) is 2.94. The van der Waals surface area contributed by atoms with Gasteiger partial charge in [0.2, 0.25) is 0 Å². The highest BCUT2D eigenvalue weighted by Crippen LogP contribution is 2.23. The monoisotopic (exact) mass is 257 g/mol. The van der Waals surface area contributed by atoms with Gasteiger partial charge in [-0.15, -0.1) is 0 Å². The summed E-state index contributed by atoms with van der Waals surface area (Å²) < 4.78 is 5.08. The van der Waals surface area contributed by atoms with E-state index in [1.165, 1.54) is 0 Å². The minimum absolute atomic E-state index is 0.0867. The number of hydrogen-bond acceptors (Lipinski definition) is 4. The molecule has 0 aliphatic rings. The van der Waals surface area contributed by atoms with Crippen LogP contribution in [0, 0.1) is 6.92 Å². The van der Waals surface area contributed by atoms with E-state index in [9.17, 15) is 10.3 Å². The fourth-order valence-electron chi connectivity index (χ4n) is 1.86. The molecule has 0 aliphatic carbocycles. The Bertz CT molecular complexity index is 603. The average molecular weight is 257 g/mol. The number of phenolic OH excluding ortho intramolecular Hbond substituents is 1. The fourth-order valence-corrected chi connectivity index (χ4v) is 1.86. The minimum atomic E-state index is 0.0867. The Morgan fingerprint density at radius 2 is 1.79 bits per heavy atom. The quantitative estimate of drug-likeness (QED) is 0.505. The van der Waals surface area contributed by atoms with Gasteiger partial charge in [-0.2, -0.15) is 0 Å². The van der Waals surface area contributed by atoms with E-state index in [-0.39, 0.29) is 5.75 Å². The van der Waals surface area contributed by atoms with Crippen molar-refractivity contribution in [2.45, 2.75) is 6.92 Å². The zero-order chi connectivity index (χ0) is 13.8. The molecule has 0 fully saturated rings. The number of benzene rings is 2. The number of methoxy groups -OCH3 is 1. The van der Waals surface area contributed by atoms with E-state index in [0.29, 0.717) is 22.6 Å². The summed E-state index contributed by atoms with van der Waals surface area (Å²) >= 11 is 0. The molecule has 2 N–H and O–H groups in total. The predicted molar refractivity (Wildman–Crippen MR) is 73.3 cm³/mol. The van der Waals surface area contributed by atoms with Gasteiger partial charge in [-0.05, 0) is 48.9 Å². The molecule has 0 heterocycles. The van der Waals surface area contributed by atoms with E-state index < -0.39 is 0 Å². The van der Waals surface area contributed by atoms with Gasteiger partial charge in [-0.25, -0.2) is 0 Å². The topological polar surface area (TPSA) is 62.0 Å². The van der Waals surface area contributed by atoms with Gasteiger partial charge in [0, 0.05) is 11.1 Å². The number of hydrogen-bond donors (Lipinski definition) is 2. The van der Waals surface area contributed by atoms with Crippen LogP contribution < -0.4 is 4.74 Å². The van der Waals surface area contributed by atoms with E-state index in [4.69, 9.17) is 4.74 Å². The van der Waals surface area contributed by atoms with Gasteiger partial charge in [0.1, 0.15) is 17.2 Å². The number of aromatic hydroxyl groups is 1. The Morgan fingerprint density at radius 3 is 2.32 bits per heavy atom. The lowest BCUT2D eigenvalue weighted by Gasteiger charge is -2.08. The second kappa shape index (κ2) is 5.44. The van der Waals surface area contributed by atoms with Gasteiger partial charge in [0.15, 0.2) is 0 Å². The zero-order valence-corrected chi connectivity index (χ0v) is 10.8. The molecule has 0 saturated heterocycles. The van der Waals surface area contributed by atoms with E-state index in [1.54, 1.807) is 43.5 Å². The van der Waals surface area contributed by atoms with Gasteiger partial charge in [0.25, 0.3) is 0 Å². The lowest BCUT2D eigenvalue weighted by Crippen LogP contribution is -2.04. The van der Waals surface area contributed by atoms with Gasteiger partial charge >= 0.3 is 0 Å². The third kappa shape index (κ3) is 2.68. The average Bonchev–Trinajstić information content (AvgIpc) is 2.42. The summed E-state index contributed by atoms with van der Waals surface area (Å²) in [5.41, 5.74) is 2.44. The van der Waals surface area contributed by atoms with Crippen LogP contribution in [0.15, 0.2) is 47.6 Å². The maximum atomic E-state index is 9.94. The van der Waals surface area contributed by atoms with Gasteiger partial charge < -0.3 is 15.1 Å². The largest absolute Gasteiger partial charge is 0.507 e. The van der Waals surface area contributed by atoms with Gasteiger partial charge in [-0.3, -0.25) is 0 Å². The second-order valence-corrected chi connectivity index (χ2v) is 4.20. The molecule has 2 aromatic carbocycles. The Morgan fingerprint density at radius 1 is 1.11 bits per heavy atom. The van der Waals surface area contributed by atoms with E-state index >= 15 is 0 Å². The summed E-state index contributed by atoms with van der Waals surface area (Å²) in [7, 11) is 1.59. The third-order valence-corrected chi connectivity index (χ3v) is 2.87. The molecule has 4 heteroatoms. The molecule has 0 aliphatic heterocycles. The van der Waals surface area contributed by atoms with E-state index in [1.807, 2.05) is 13.0 Å². The van der Waals surface area contributed by atoms with Crippen molar-refractivity contribution in [2.24, 2.45) is 5.16 Å². The molecule has 0 atom stereocenters. The lowest BCUT2D eigenvalue weighted by molar-refractivity contribution is 0.319. The first-order valence-electron chi connectivity index (χ1n) is 5.82. The molecule has 0 unspecified atom stereocenters. The van der Waals surface area contributed by atoms with Crippen molar-refractivity contribution in [3.63, 3.8) is 0 Å². The SMILES string of the molecule is COc1ccc(/C(=N\O)c2ccc(C)cc2O)cc1. The van der Waals surface area contributed by atoms with Crippen LogP contribution in [0.4, 0.5) is 0 Å². The molecule has 0 bridgehead atoms. The standard InChI is InChI=1S/C15H15NO3/c1-10-3-8-13(14(17)9-10)15(16-18)11-4-6-12(19-2)7-5-11/h3-9,17-18H,1-2H3/b16-15+. The van der Waals surface area contributed by atoms with Crippen LogP contribution in [-0.4, -0.2) is 23.1 Å². The highest BCUT2D eigenvalue weighted by Gasteiger charge is 2.12. The van der Waals surface area contributed by atoms with Crippen molar-refractivity contribution >= 4 is 5.71 Å². The molecule has 98 valence electrons. The second-order valence-electron chi connectivity index (χ2n) is 4.20. The number of nitrogens with zero attached hydrogens (tertiary/aromatic N) is 1. The molecule has 0 radical (unpaired) electrons. The number of rotatable bonds is 3. The molecule has 4 nitrogen and oxygen atoms in total. The van der Waals surface area contributed by atoms with Gasteiger partial charge in [-0.1, -0.05) is 11.2 Å². The number of ether oxygens (including phenoxy) is 1. The minimum Gasteiger partial charge on any atom is -0.507 e. The summed E-state index contributed by atoms with van der Waals surface area (Å²) in [5.74, 6) is 0.804. The van der Waals surface area contributed by atoms with Crippen LogP contribution in [0.5, 0.6) is 11.5 Å². The van der Waals surface area contributed by atoms with Crippen LogP contribution in [0.1, 0.15) is 16.7 Å². The maximum Gasteiger partial charge on any atom is 0.125 e. The van der Waals surface area contributed by atoms with Crippen LogP contribution >= 0.6 is 0 Å². The molecule has 2 rings (SSSR count). The summed E-state index contributed by atoms with van der Waals surface area (Å²) in [6.07, 6.45) is 0. The first-order chi connectivity index (χ1) is 9.15. The number of phenols is 1. The Hall–Kier alpha value is -2.49. The third-order valence-electron chi connectivity index (χ3n) is 2.87. The molecule has 0 saturated carbocycles. The number of aryl methyl sites for hydroxylation is 1. The highest BCUT2D eigenvalue weighted by atomic mass is 16.5.